The van der Waals surface area contributed by atoms with Gasteiger partial charge in [0.25, 0.3) is 0 Å². The fourth-order valence-electron chi connectivity index (χ4n) is 3.16. The number of thioether (sulfide) groups is 1. The molecule has 0 radical (unpaired) electrons. The molecular formula is C20H24N6O3S. The van der Waals surface area contributed by atoms with Crippen LogP contribution in [0, 0.1) is 13.8 Å². The lowest BCUT2D eigenvalue weighted by Gasteiger charge is -2.28. The van der Waals surface area contributed by atoms with Gasteiger partial charge in [-0.1, -0.05) is 29.1 Å². The molecule has 0 unspecified atom stereocenters. The van der Waals surface area contributed by atoms with Gasteiger partial charge in [-0.05, 0) is 38.5 Å². The fourth-order valence-corrected chi connectivity index (χ4v) is 4.03. The summed E-state index contributed by atoms with van der Waals surface area (Å²) in [6, 6.07) is 9.84. The SMILES string of the molecule is Cc1cccc(-n2c(S[C@H](C)C(=O)Nc3cc(C)on3)nnc2N2CCOCC2)c1. The molecule has 158 valence electrons. The van der Waals surface area contributed by atoms with Crippen LogP contribution in [0.3, 0.4) is 0 Å². The number of benzene rings is 1. The summed E-state index contributed by atoms with van der Waals surface area (Å²) < 4.78 is 12.5. The molecule has 0 spiro atoms. The number of hydrogen-bond donors (Lipinski definition) is 1. The van der Waals surface area contributed by atoms with Crippen LogP contribution in [-0.4, -0.2) is 57.4 Å². The second-order valence-corrected chi connectivity index (χ2v) is 8.44. The first kappa shape index (κ1) is 20.4. The summed E-state index contributed by atoms with van der Waals surface area (Å²) >= 11 is 1.35. The third kappa shape index (κ3) is 4.49. The first-order valence-electron chi connectivity index (χ1n) is 9.77. The Morgan fingerprint density at radius 3 is 2.70 bits per heavy atom. The molecule has 1 aromatic carbocycles. The van der Waals surface area contributed by atoms with Crippen molar-refractivity contribution in [1.29, 1.82) is 0 Å². The Morgan fingerprint density at radius 1 is 1.20 bits per heavy atom. The third-order valence-electron chi connectivity index (χ3n) is 4.70. The number of carbonyl (C=O) groups is 1. The quantitative estimate of drug-likeness (QED) is 0.599. The minimum absolute atomic E-state index is 0.181. The van der Waals surface area contributed by atoms with Crippen molar-refractivity contribution < 1.29 is 14.1 Å². The van der Waals surface area contributed by atoms with Crippen LogP contribution in [0.25, 0.3) is 5.69 Å². The molecule has 9 nitrogen and oxygen atoms in total. The van der Waals surface area contributed by atoms with Gasteiger partial charge >= 0.3 is 0 Å². The van der Waals surface area contributed by atoms with Gasteiger partial charge in [-0.25, -0.2) is 0 Å². The summed E-state index contributed by atoms with van der Waals surface area (Å²) in [5.74, 6) is 1.62. The van der Waals surface area contributed by atoms with Crippen LogP contribution in [0.1, 0.15) is 18.2 Å². The van der Waals surface area contributed by atoms with Gasteiger partial charge < -0.3 is 19.5 Å². The highest BCUT2D eigenvalue weighted by Crippen LogP contribution is 2.30. The maximum atomic E-state index is 12.6. The molecule has 1 N–H and O–H groups in total. The Kier molecular flexibility index (Phi) is 6.05. The van der Waals surface area contributed by atoms with Crippen LogP contribution in [0.5, 0.6) is 0 Å². The van der Waals surface area contributed by atoms with Gasteiger partial charge in [-0.15, -0.1) is 10.2 Å². The van der Waals surface area contributed by atoms with Gasteiger partial charge in [-0.3, -0.25) is 9.36 Å². The topological polar surface area (TPSA) is 98.3 Å². The van der Waals surface area contributed by atoms with Crippen LogP contribution < -0.4 is 10.2 Å². The molecule has 1 amide bonds. The maximum absolute atomic E-state index is 12.6. The molecule has 1 fully saturated rings. The first-order valence-corrected chi connectivity index (χ1v) is 10.7. The summed E-state index contributed by atoms with van der Waals surface area (Å²) in [7, 11) is 0. The first-order chi connectivity index (χ1) is 14.5. The van der Waals surface area contributed by atoms with E-state index in [1.165, 1.54) is 11.8 Å². The number of morpholine rings is 1. The number of aromatic nitrogens is 4. The number of aryl methyl sites for hydroxylation is 2. The number of rotatable bonds is 6. The van der Waals surface area contributed by atoms with E-state index in [0.717, 1.165) is 30.3 Å². The van der Waals surface area contributed by atoms with E-state index in [-0.39, 0.29) is 5.91 Å². The largest absolute Gasteiger partial charge is 0.378 e. The molecule has 3 aromatic rings. The van der Waals surface area contributed by atoms with Crippen LogP contribution in [0.4, 0.5) is 11.8 Å². The van der Waals surface area contributed by atoms with Gasteiger partial charge in [-0.2, -0.15) is 0 Å². The number of amides is 1. The number of anilines is 2. The van der Waals surface area contributed by atoms with Gasteiger partial charge in [0.05, 0.1) is 24.2 Å². The van der Waals surface area contributed by atoms with Crippen molar-refractivity contribution in [3.63, 3.8) is 0 Å². The van der Waals surface area contributed by atoms with Crippen molar-refractivity contribution in [3.8, 4) is 5.69 Å². The highest BCUT2D eigenvalue weighted by atomic mass is 32.2. The van der Waals surface area contributed by atoms with E-state index in [0.29, 0.717) is 29.9 Å². The van der Waals surface area contributed by atoms with E-state index in [1.807, 2.05) is 36.6 Å². The molecule has 2 aromatic heterocycles. The molecule has 1 atom stereocenters. The zero-order chi connectivity index (χ0) is 21.1. The molecular weight excluding hydrogens is 404 g/mol. The van der Waals surface area contributed by atoms with E-state index in [1.54, 1.807) is 13.0 Å². The lowest BCUT2D eigenvalue weighted by atomic mass is 10.2. The van der Waals surface area contributed by atoms with Crippen LogP contribution in [-0.2, 0) is 9.53 Å². The van der Waals surface area contributed by atoms with E-state index in [2.05, 4.69) is 31.6 Å². The number of ether oxygens (including phenoxy) is 1. The predicted octanol–water partition coefficient (Wildman–Crippen LogP) is 2.83. The van der Waals surface area contributed by atoms with Crippen LogP contribution in [0.15, 0.2) is 40.0 Å². The second-order valence-electron chi connectivity index (χ2n) is 7.13. The standard InChI is InChI=1S/C20H24N6O3S/c1-13-5-4-6-16(11-13)26-19(25-7-9-28-10-8-25)22-23-20(26)30-15(3)18(27)21-17-12-14(2)29-24-17/h4-6,11-12,15H,7-10H2,1-3H3,(H,21,24,27)/t15-/m1/s1. The normalized spacial score (nSPS) is 15.2. The van der Waals surface area contributed by atoms with E-state index < -0.39 is 5.25 Å². The smallest absolute Gasteiger partial charge is 0.238 e. The number of carbonyl (C=O) groups excluding carboxylic acids is 1. The van der Waals surface area contributed by atoms with Crippen molar-refractivity contribution >= 4 is 29.4 Å². The summed E-state index contributed by atoms with van der Waals surface area (Å²) in [4.78, 5) is 14.8. The number of nitrogens with zero attached hydrogens (tertiary/aromatic N) is 5. The van der Waals surface area contributed by atoms with Gasteiger partial charge in [0.15, 0.2) is 11.0 Å². The molecule has 0 aliphatic carbocycles. The highest BCUT2D eigenvalue weighted by molar-refractivity contribution is 8.00. The number of hydrogen-bond acceptors (Lipinski definition) is 8. The van der Waals surface area contributed by atoms with Crippen molar-refractivity contribution in [2.24, 2.45) is 0 Å². The van der Waals surface area contributed by atoms with Crippen molar-refractivity contribution in [3.05, 3.63) is 41.7 Å². The van der Waals surface area contributed by atoms with Gasteiger partial charge in [0, 0.05) is 19.2 Å². The lowest BCUT2D eigenvalue weighted by Crippen LogP contribution is -2.38. The number of nitrogens with one attached hydrogen (secondary N) is 1. The monoisotopic (exact) mass is 428 g/mol. The molecule has 0 saturated carbocycles. The summed E-state index contributed by atoms with van der Waals surface area (Å²) in [6.07, 6.45) is 0. The van der Waals surface area contributed by atoms with E-state index in [4.69, 9.17) is 9.26 Å². The fraction of sp³-hybridized carbons (Fsp3) is 0.400. The Morgan fingerprint density at radius 2 is 2.00 bits per heavy atom. The molecule has 30 heavy (non-hydrogen) atoms. The zero-order valence-corrected chi connectivity index (χ0v) is 18.0. The second kappa shape index (κ2) is 8.88. The van der Waals surface area contributed by atoms with Crippen molar-refractivity contribution in [2.45, 2.75) is 31.2 Å². The molecule has 1 aliphatic heterocycles. The van der Waals surface area contributed by atoms with Gasteiger partial charge in [0.1, 0.15) is 5.76 Å². The van der Waals surface area contributed by atoms with Crippen molar-refractivity contribution in [2.75, 3.05) is 36.5 Å². The Labute approximate surface area is 178 Å². The zero-order valence-electron chi connectivity index (χ0n) is 17.2. The average Bonchev–Trinajstić information content (AvgIpc) is 3.34. The minimum Gasteiger partial charge on any atom is -0.378 e. The third-order valence-corrected chi connectivity index (χ3v) is 5.74. The summed E-state index contributed by atoms with van der Waals surface area (Å²) in [5.41, 5.74) is 2.10. The maximum Gasteiger partial charge on any atom is 0.238 e. The summed E-state index contributed by atoms with van der Waals surface area (Å²) in [6.45, 7) is 8.45. The minimum atomic E-state index is -0.410. The summed E-state index contributed by atoms with van der Waals surface area (Å²) in [5, 5.41) is 15.7. The molecule has 3 heterocycles. The molecule has 1 aliphatic rings. The Bertz CT molecular complexity index is 1030. The highest BCUT2D eigenvalue weighted by Gasteiger charge is 2.25. The van der Waals surface area contributed by atoms with Crippen molar-refractivity contribution in [1.82, 2.24) is 19.9 Å². The lowest BCUT2D eigenvalue weighted by molar-refractivity contribution is -0.115. The Balaban J connectivity index is 1.60. The van der Waals surface area contributed by atoms with Crippen LogP contribution >= 0.6 is 11.8 Å². The van der Waals surface area contributed by atoms with E-state index in [9.17, 15) is 4.79 Å². The van der Waals surface area contributed by atoms with Gasteiger partial charge in [0.2, 0.25) is 11.9 Å². The van der Waals surface area contributed by atoms with Crippen LogP contribution in [0.2, 0.25) is 0 Å². The molecule has 10 heteroatoms. The molecule has 0 bridgehead atoms. The van der Waals surface area contributed by atoms with E-state index >= 15 is 0 Å². The Hall–Kier alpha value is -2.85. The molecule has 4 rings (SSSR count). The predicted molar refractivity (Wildman–Crippen MR) is 114 cm³/mol. The molecule has 1 saturated heterocycles. The average molecular weight is 429 g/mol.